The van der Waals surface area contributed by atoms with Crippen molar-refractivity contribution < 1.29 is 14.3 Å². The number of ether oxygens (including phenoxy) is 2. The van der Waals surface area contributed by atoms with Crippen molar-refractivity contribution in [2.45, 2.75) is 25.4 Å². The zero-order valence-corrected chi connectivity index (χ0v) is 17.0. The Hall–Kier alpha value is -2.71. The highest BCUT2D eigenvalue weighted by atomic mass is 16.5. The van der Waals surface area contributed by atoms with E-state index in [1.54, 1.807) is 0 Å². The van der Waals surface area contributed by atoms with Crippen LogP contribution in [0, 0.1) is 0 Å². The molecule has 1 fully saturated rings. The van der Waals surface area contributed by atoms with Crippen molar-refractivity contribution in [3.05, 3.63) is 58.0 Å². The first kappa shape index (κ1) is 21.0. The van der Waals surface area contributed by atoms with E-state index < -0.39 is 0 Å². The van der Waals surface area contributed by atoms with E-state index in [1.165, 1.54) is 19.2 Å². The van der Waals surface area contributed by atoms with Gasteiger partial charge in [0, 0.05) is 45.5 Å². The molecule has 1 N–H and O–H groups in total. The van der Waals surface area contributed by atoms with Crippen LogP contribution in [0.1, 0.15) is 28.9 Å². The second-order valence-electron chi connectivity index (χ2n) is 7.18. The zero-order chi connectivity index (χ0) is 20.6. The largest absolute Gasteiger partial charge is 0.492 e. The van der Waals surface area contributed by atoms with Crippen LogP contribution in [0.2, 0.25) is 0 Å². The number of aryl methyl sites for hydroxylation is 1. The lowest BCUT2D eigenvalue weighted by Crippen LogP contribution is -2.38. The molecule has 1 aliphatic heterocycles. The van der Waals surface area contributed by atoms with Crippen LogP contribution < -0.4 is 15.6 Å². The van der Waals surface area contributed by atoms with Gasteiger partial charge >= 0.3 is 0 Å². The van der Waals surface area contributed by atoms with Gasteiger partial charge in [-0.2, -0.15) is 5.10 Å². The van der Waals surface area contributed by atoms with Gasteiger partial charge in [-0.05, 0) is 43.7 Å². The van der Waals surface area contributed by atoms with E-state index >= 15 is 0 Å². The van der Waals surface area contributed by atoms with Crippen LogP contribution in [0.4, 0.5) is 0 Å². The molecule has 0 atom stereocenters. The van der Waals surface area contributed by atoms with E-state index in [0.29, 0.717) is 19.2 Å². The third-order valence-electron chi connectivity index (χ3n) is 5.07. The van der Waals surface area contributed by atoms with Crippen molar-refractivity contribution >= 4 is 5.91 Å². The summed E-state index contributed by atoms with van der Waals surface area (Å²) in [5.41, 5.74) is 0.878. The minimum atomic E-state index is -0.329. The molecule has 0 aliphatic carbocycles. The number of likely N-dealkylation sites (N-methyl/N-ethyl adjacent to an activating group) is 1. The molecule has 1 aromatic carbocycles. The molecule has 3 rings (SSSR count). The van der Waals surface area contributed by atoms with Crippen molar-refractivity contribution in [2.24, 2.45) is 7.05 Å². The molecule has 2 aromatic rings. The molecule has 8 heteroatoms. The molecule has 0 radical (unpaired) electrons. The molecule has 0 unspecified atom stereocenters. The minimum absolute atomic E-state index is 0.204. The Balaban J connectivity index is 1.46. The molecular weight excluding hydrogens is 372 g/mol. The third kappa shape index (κ3) is 6.13. The second kappa shape index (κ2) is 10.2. The Morgan fingerprint density at radius 1 is 1.31 bits per heavy atom. The van der Waals surface area contributed by atoms with Crippen LogP contribution in [-0.2, 0) is 18.3 Å². The Bertz CT molecular complexity index is 877. The first-order valence-electron chi connectivity index (χ1n) is 9.85. The fraction of sp³-hybridized carbons (Fsp3) is 0.476. The first-order valence-corrected chi connectivity index (χ1v) is 9.85. The van der Waals surface area contributed by atoms with Crippen molar-refractivity contribution in [3.63, 3.8) is 0 Å². The van der Waals surface area contributed by atoms with Crippen molar-refractivity contribution in [3.8, 4) is 5.75 Å². The summed E-state index contributed by atoms with van der Waals surface area (Å²) < 4.78 is 12.4. The average molecular weight is 400 g/mol. The SMILES string of the molecule is CN(CCOc1cccc(CNC(=O)c2ccc(=O)n(C)n2)c1)C1CCOCC1. The van der Waals surface area contributed by atoms with Crippen LogP contribution in [0.25, 0.3) is 0 Å². The van der Waals surface area contributed by atoms with Crippen LogP contribution in [-0.4, -0.2) is 60.0 Å². The molecule has 8 nitrogen and oxygen atoms in total. The van der Waals surface area contributed by atoms with E-state index in [-0.39, 0.29) is 17.2 Å². The Morgan fingerprint density at radius 2 is 2.10 bits per heavy atom. The highest BCUT2D eigenvalue weighted by Gasteiger charge is 2.18. The monoisotopic (exact) mass is 400 g/mol. The topological polar surface area (TPSA) is 85.7 Å². The molecule has 1 aliphatic rings. The molecule has 29 heavy (non-hydrogen) atoms. The summed E-state index contributed by atoms with van der Waals surface area (Å²) in [5, 5.41) is 6.77. The van der Waals surface area contributed by atoms with Gasteiger partial charge in [-0.15, -0.1) is 0 Å². The van der Waals surface area contributed by atoms with E-state index in [2.05, 4.69) is 22.4 Å². The van der Waals surface area contributed by atoms with Gasteiger partial charge in [-0.25, -0.2) is 4.68 Å². The molecule has 0 bridgehead atoms. The van der Waals surface area contributed by atoms with Gasteiger partial charge in [-0.1, -0.05) is 12.1 Å². The maximum atomic E-state index is 12.2. The third-order valence-corrected chi connectivity index (χ3v) is 5.07. The standard InChI is InChI=1S/C21H28N4O4/c1-24(17-8-11-28-12-9-17)10-13-29-18-5-3-4-16(14-18)15-22-21(27)19-6-7-20(26)25(2)23-19/h3-7,14,17H,8-13,15H2,1-2H3,(H,22,27). The molecular formula is C21H28N4O4. The van der Waals surface area contributed by atoms with E-state index in [9.17, 15) is 9.59 Å². The van der Waals surface area contributed by atoms with Gasteiger partial charge in [0.15, 0.2) is 0 Å². The minimum Gasteiger partial charge on any atom is -0.492 e. The quantitative estimate of drug-likeness (QED) is 0.717. The summed E-state index contributed by atoms with van der Waals surface area (Å²) in [6, 6.07) is 11.0. The summed E-state index contributed by atoms with van der Waals surface area (Å²) >= 11 is 0. The van der Waals surface area contributed by atoms with Crippen molar-refractivity contribution in [1.29, 1.82) is 0 Å². The molecule has 1 aromatic heterocycles. The summed E-state index contributed by atoms with van der Waals surface area (Å²) in [5.74, 6) is 0.447. The number of carbonyl (C=O) groups excluding carboxylic acids is 1. The number of hydrogen-bond acceptors (Lipinski definition) is 6. The maximum Gasteiger partial charge on any atom is 0.271 e. The Kier molecular flexibility index (Phi) is 7.37. The van der Waals surface area contributed by atoms with Gasteiger partial charge in [0.1, 0.15) is 18.1 Å². The van der Waals surface area contributed by atoms with Gasteiger partial charge in [-0.3, -0.25) is 14.5 Å². The Morgan fingerprint density at radius 3 is 2.86 bits per heavy atom. The molecule has 156 valence electrons. The predicted molar refractivity (Wildman–Crippen MR) is 109 cm³/mol. The number of hydrogen-bond donors (Lipinski definition) is 1. The molecule has 1 saturated heterocycles. The summed E-state index contributed by atoms with van der Waals surface area (Å²) in [6.45, 7) is 3.47. The van der Waals surface area contributed by atoms with Crippen LogP contribution >= 0.6 is 0 Å². The van der Waals surface area contributed by atoms with E-state index in [1.807, 2.05) is 24.3 Å². The lowest BCUT2D eigenvalue weighted by atomic mass is 10.1. The van der Waals surface area contributed by atoms with Gasteiger partial charge < -0.3 is 14.8 Å². The Labute approximate surface area is 170 Å². The van der Waals surface area contributed by atoms with Crippen molar-refractivity contribution in [2.75, 3.05) is 33.4 Å². The summed E-state index contributed by atoms with van der Waals surface area (Å²) in [4.78, 5) is 25.9. The smallest absolute Gasteiger partial charge is 0.271 e. The number of rotatable bonds is 8. The van der Waals surface area contributed by atoms with Crippen LogP contribution in [0.5, 0.6) is 5.75 Å². The zero-order valence-electron chi connectivity index (χ0n) is 17.0. The lowest BCUT2D eigenvalue weighted by molar-refractivity contribution is 0.0392. The van der Waals surface area contributed by atoms with Gasteiger partial charge in [0.2, 0.25) is 0 Å². The summed E-state index contributed by atoms with van der Waals surface area (Å²) in [6.07, 6.45) is 2.13. The number of nitrogens with zero attached hydrogens (tertiary/aromatic N) is 3. The summed E-state index contributed by atoms with van der Waals surface area (Å²) in [7, 11) is 3.64. The number of aromatic nitrogens is 2. The highest BCUT2D eigenvalue weighted by Crippen LogP contribution is 2.15. The van der Waals surface area contributed by atoms with Gasteiger partial charge in [0.05, 0.1) is 0 Å². The van der Waals surface area contributed by atoms with E-state index in [4.69, 9.17) is 9.47 Å². The molecule has 2 heterocycles. The van der Waals surface area contributed by atoms with Gasteiger partial charge in [0.25, 0.3) is 11.5 Å². The fourth-order valence-corrected chi connectivity index (χ4v) is 3.26. The van der Waals surface area contributed by atoms with E-state index in [0.717, 1.165) is 48.6 Å². The van der Waals surface area contributed by atoms with Crippen LogP contribution in [0.15, 0.2) is 41.2 Å². The molecule has 1 amide bonds. The van der Waals surface area contributed by atoms with Crippen LogP contribution in [0.3, 0.4) is 0 Å². The first-order chi connectivity index (χ1) is 14.0. The number of carbonyl (C=O) groups is 1. The molecule has 0 saturated carbocycles. The highest BCUT2D eigenvalue weighted by molar-refractivity contribution is 5.91. The second-order valence-corrected chi connectivity index (χ2v) is 7.18. The number of benzene rings is 1. The number of nitrogens with one attached hydrogen (secondary N) is 1. The fourth-order valence-electron chi connectivity index (χ4n) is 3.26. The molecule has 0 spiro atoms. The van der Waals surface area contributed by atoms with Crippen molar-refractivity contribution in [1.82, 2.24) is 20.0 Å². The predicted octanol–water partition coefficient (Wildman–Crippen LogP) is 1.20. The normalized spacial score (nSPS) is 14.7. The maximum absolute atomic E-state index is 12.2. The lowest BCUT2D eigenvalue weighted by Gasteiger charge is -2.31. The average Bonchev–Trinajstić information content (AvgIpc) is 2.75. The number of amides is 1.